The van der Waals surface area contributed by atoms with Gasteiger partial charge in [0, 0.05) is 24.5 Å². The molecule has 0 amide bonds. The van der Waals surface area contributed by atoms with Crippen LogP contribution in [0.3, 0.4) is 0 Å². The second-order valence-electron chi connectivity index (χ2n) is 4.84. The number of thiazole rings is 1. The molecule has 1 aromatic rings. The first-order valence-corrected chi connectivity index (χ1v) is 7.17. The Labute approximate surface area is 103 Å². The van der Waals surface area contributed by atoms with Gasteiger partial charge < -0.3 is 5.32 Å². The summed E-state index contributed by atoms with van der Waals surface area (Å²) in [5, 5.41) is 6.89. The lowest BCUT2D eigenvalue weighted by Gasteiger charge is -2.29. The molecule has 1 atom stereocenters. The number of nitrogens with zero attached hydrogens (tertiary/aromatic N) is 1. The van der Waals surface area contributed by atoms with Crippen molar-refractivity contribution in [1.82, 2.24) is 10.3 Å². The smallest absolute Gasteiger partial charge is 0.0930 e. The minimum absolute atomic E-state index is 0.363. The summed E-state index contributed by atoms with van der Waals surface area (Å²) in [5.74, 6) is 0. The van der Waals surface area contributed by atoms with Gasteiger partial charge in [-0.3, -0.25) is 0 Å². The molecular weight excluding hydrogens is 216 g/mol. The average Bonchev–Trinajstić information content (AvgIpc) is 2.71. The van der Waals surface area contributed by atoms with Crippen LogP contribution in [-0.2, 0) is 6.42 Å². The zero-order chi connectivity index (χ0) is 11.9. The molecule has 1 aromatic heterocycles. The molecule has 0 bridgehead atoms. The van der Waals surface area contributed by atoms with Crippen LogP contribution < -0.4 is 5.32 Å². The molecule has 0 radical (unpaired) electrons. The highest BCUT2D eigenvalue weighted by Gasteiger charge is 2.24. The third-order valence-electron chi connectivity index (χ3n) is 2.89. The zero-order valence-corrected chi connectivity index (χ0v) is 11.6. The predicted molar refractivity (Wildman–Crippen MR) is 72.0 cm³/mol. The topological polar surface area (TPSA) is 24.9 Å². The monoisotopic (exact) mass is 240 g/mol. The van der Waals surface area contributed by atoms with Crippen molar-refractivity contribution in [1.29, 1.82) is 0 Å². The van der Waals surface area contributed by atoms with Crippen molar-refractivity contribution in [3.8, 4) is 0 Å². The second kappa shape index (κ2) is 7.02. The van der Waals surface area contributed by atoms with Crippen LogP contribution in [0.15, 0.2) is 11.6 Å². The Morgan fingerprint density at radius 3 is 2.75 bits per heavy atom. The van der Waals surface area contributed by atoms with Crippen molar-refractivity contribution < 1.29 is 0 Å². The Kier molecular flexibility index (Phi) is 5.99. The second-order valence-corrected chi connectivity index (χ2v) is 5.82. The van der Waals surface area contributed by atoms with Crippen LogP contribution in [0, 0.1) is 5.41 Å². The standard InChI is InChI=1S/C13H24N2S/c1-4-6-13(3,11-14-7-5-2)10-12-15-8-9-16-12/h8-9,14H,4-7,10-11H2,1-3H3. The van der Waals surface area contributed by atoms with Crippen LogP contribution in [-0.4, -0.2) is 18.1 Å². The summed E-state index contributed by atoms with van der Waals surface area (Å²) in [5.41, 5.74) is 0.363. The quantitative estimate of drug-likeness (QED) is 0.704. The van der Waals surface area contributed by atoms with E-state index in [0.29, 0.717) is 5.41 Å². The highest BCUT2D eigenvalue weighted by molar-refractivity contribution is 7.09. The molecule has 1 rings (SSSR count). The largest absolute Gasteiger partial charge is 0.316 e. The molecule has 3 heteroatoms. The fourth-order valence-electron chi connectivity index (χ4n) is 2.12. The number of hydrogen-bond donors (Lipinski definition) is 1. The molecule has 1 N–H and O–H groups in total. The molecule has 92 valence electrons. The molecule has 0 aliphatic heterocycles. The normalized spacial score (nSPS) is 14.9. The third-order valence-corrected chi connectivity index (χ3v) is 3.67. The van der Waals surface area contributed by atoms with Crippen molar-refractivity contribution in [3.05, 3.63) is 16.6 Å². The first kappa shape index (κ1) is 13.7. The maximum absolute atomic E-state index is 4.40. The van der Waals surface area contributed by atoms with Crippen LogP contribution in [0.1, 0.15) is 45.0 Å². The molecule has 1 heterocycles. The van der Waals surface area contributed by atoms with E-state index in [1.165, 1.54) is 24.3 Å². The van der Waals surface area contributed by atoms with E-state index in [4.69, 9.17) is 0 Å². The molecule has 0 saturated carbocycles. The summed E-state index contributed by atoms with van der Waals surface area (Å²) in [4.78, 5) is 4.40. The summed E-state index contributed by atoms with van der Waals surface area (Å²) in [6.07, 6.45) is 6.74. The van der Waals surface area contributed by atoms with E-state index in [-0.39, 0.29) is 0 Å². The highest BCUT2D eigenvalue weighted by Crippen LogP contribution is 2.28. The Balaban J connectivity index is 2.50. The molecule has 0 spiro atoms. The molecule has 0 fully saturated rings. The summed E-state index contributed by atoms with van der Waals surface area (Å²) in [7, 11) is 0. The molecule has 0 aliphatic rings. The molecule has 1 unspecified atom stereocenters. The van der Waals surface area contributed by atoms with E-state index < -0.39 is 0 Å². The minimum Gasteiger partial charge on any atom is -0.316 e. The van der Waals surface area contributed by atoms with E-state index in [1.54, 1.807) is 11.3 Å². The predicted octanol–water partition coefficient (Wildman–Crippen LogP) is 3.49. The number of hydrogen-bond acceptors (Lipinski definition) is 3. The molecular formula is C13H24N2S. The van der Waals surface area contributed by atoms with Gasteiger partial charge in [-0.15, -0.1) is 11.3 Å². The number of rotatable bonds is 8. The molecule has 2 nitrogen and oxygen atoms in total. The maximum Gasteiger partial charge on any atom is 0.0930 e. The van der Waals surface area contributed by atoms with Gasteiger partial charge in [0.1, 0.15) is 0 Å². The van der Waals surface area contributed by atoms with Crippen LogP contribution in [0.4, 0.5) is 0 Å². The summed E-state index contributed by atoms with van der Waals surface area (Å²) >= 11 is 1.78. The van der Waals surface area contributed by atoms with Crippen molar-refractivity contribution in [2.45, 2.75) is 46.5 Å². The van der Waals surface area contributed by atoms with Crippen molar-refractivity contribution >= 4 is 11.3 Å². The first-order valence-electron chi connectivity index (χ1n) is 6.29. The lowest BCUT2D eigenvalue weighted by atomic mass is 9.82. The summed E-state index contributed by atoms with van der Waals surface area (Å²) in [6.45, 7) is 9.08. The van der Waals surface area contributed by atoms with Gasteiger partial charge in [-0.05, 0) is 24.8 Å². The van der Waals surface area contributed by atoms with Gasteiger partial charge in [0.15, 0.2) is 0 Å². The maximum atomic E-state index is 4.40. The van der Waals surface area contributed by atoms with E-state index in [1.807, 2.05) is 6.20 Å². The lowest BCUT2D eigenvalue weighted by Crippen LogP contribution is -2.34. The third kappa shape index (κ3) is 4.62. The lowest BCUT2D eigenvalue weighted by molar-refractivity contribution is 0.275. The highest BCUT2D eigenvalue weighted by atomic mass is 32.1. The Morgan fingerprint density at radius 2 is 2.19 bits per heavy atom. The minimum atomic E-state index is 0.363. The van der Waals surface area contributed by atoms with Crippen LogP contribution in [0.25, 0.3) is 0 Å². The Bertz CT molecular complexity index is 271. The van der Waals surface area contributed by atoms with Crippen molar-refractivity contribution in [2.75, 3.05) is 13.1 Å². The molecule has 16 heavy (non-hydrogen) atoms. The van der Waals surface area contributed by atoms with Gasteiger partial charge in [0.25, 0.3) is 0 Å². The van der Waals surface area contributed by atoms with E-state index in [9.17, 15) is 0 Å². The Hall–Kier alpha value is -0.410. The van der Waals surface area contributed by atoms with Crippen LogP contribution in [0.2, 0.25) is 0 Å². The Morgan fingerprint density at radius 1 is 1.38 bits per heavy atom. The van der Waals surface area contributed by atoms with Crippen molar-refractivity contribution in [2.24, 2.45) is 5.41 Å². The zero-order valence-electron chi connectivity index (χ0n) is 10.8. The molecule has 0 saturated heterocycles. The van der Waals surface area contributed by atoms with Gasteiger partial charge in [0.05, 0.1) is 5.01 Å². The van der Waals surface area contributed by atoms with Crippen LogP contribution in [0.5, 0.6) is 0 Å². The van der Waals surface area contributed by atoms with Gasteiger partial charge in [-0.25, -0.2) is 4.98 Å². The average molecular weight is 240 g/mol. The van der Waals surface area contributed by atoms with Crippen molar-refractivity contribution in [3.63, 3.8) is 0 Å². The summed E-state index contributed by atoms with van der Waals surface area (Å²) < 4.78 is 0. The SMILES string of the molecule is CCCNCC(C)(CCC)Cc1nccs1. The van der Waals surface area contributed by atoms with E-state index >= 15 is 0 Å². The fourth-order valence-corrected chi connectivity index (χ4v) is 2.95. The van der Waals surface area contributed by atoms with Gasteiger partial charge in [-0.1, -0.05) is 27.2 Å². The van der Waals surface area contributed by atoms with E-state index in [0.717, 1.165) is 19.5 Å². The van der Waals surface area contributed by atoms with Gasteiger partial charge >= 0.3 is 0 Å². The van der Waals surface area contributed by atoms with Gasteiger partial charge in [-0.2, -0.15) is 0 Å². The van der Waals surface area contributed by atoms with Crippen LogP contribution >= 0.6 is 11.3 Å². The fraction of sp³-hybridized carbons (Fsp3) is 0.769. The number of nitrogens with one attached hydrogen (secondary N) is 1. The van der Waals surface area contributed by atoms with E-state index in [2.05, 4.69) is 36.5 Å². The summed E-state index contributed by atoms with van der Waals surface area (Å²) in [6, 6.07) is 0. The van der Waals surface area contributed by atoms with Gasteiger partial charge in [0.2, 0.25) is 0 Å². The molecule has 0 aliphatic carbocycles. The number of aromatic nitrogens is 1. The molecule has 0 aromatic carbocycles. The first-order chi connectivity index (χ1) is 7.70.